The number of anilines is 1. The van der Waals surface area contributed by atoms with Crippen molar-refractivity contribution in [2.24, 2.45) is 0 Å². The predicted octanol–water partition coefficient (Wildman–Crippen LogP) is 3.39. The molecule has 18 heavy (non-hydrogen) atoms. The molecular weight excluding hydrogens is 362 g/mol. The van der Waals surface area contributed by atoms with E-state index in [4.69, 9.17) is 4.74 Å². The van der Waals surface area contributed by atoms with E-state index in [1.165, 1.54) is 25.7 Å². The molecule has 4 nitrogen and oxygen atoms in total. The summed E-state index contributed by atoms with van der Waals surface area (Å²) in [6, 6.07) is 0.471. The minimum absolute atomic E-state index is 0.471. The van der Waals surface area contributed by atoms with Crippen LogP contribution in [0.15, 0.2) is 10.7 Å². The van der Waals surface area contributed by atoms with E-state index in [0.717, 1.165) is 22.3 Å². The highest BCUT2D eigenvalue weighted by molar-refractivity contribution is 9.10. The third-order valence-corrected chi connectivity index (χ3v) is 4.50. The van der Waals surface area contributed by atoms with Crippen LogP contribution in [0.1, 0.15) is 25.7 Å². The predicted molar refractivity (Wildman–Crippen MR) is 79.7 cm³/mol. The molecule has 1 saturated heterocycles. The maximum absolute atomic E-state index is 5.24. The Balaban J connectivity index is 2.26. The topological polar surface area (TPSA) is 38.2 Å². The summed E-state index contributed by atoms with van der Waals surface area (Å²) in [7, 11) is 1.63. The molecule has 0 spiro atoms. The van der Waals surface area contributed by atoms with Crippen molar-refractivity contribution < 1.29 is 4.74 Å². The smallest absolute Gasteiger partial charge is 0.232 e. The van der Waals surface area contributed by atoms with E-state index in [9.17, 15) is 0 Å². The van der Waals surface area contributed by atoms with Crippen LogP contribution in [0, 0.1) is 0 Å². The third kappa shape index (κ3) is 3.15. The first-order chi connectivity index (χ1) is 8.76. The average molecular weight is 379 g/mol. The normalized spacial score (nSPS) is 20.6. The average Bonchev–Trinajstić information content (AvgIpc) is 2.64. The van der Waals surface area contributed by atoms with Crippen molar-refractivity contribution in [3.05, 3.63) is 10.7 Å². The maximum Gasteiger partial charge on any atom is 0.232 e. The van der Waals surface area contributed by atoms with Gasteiger partial charge in [0.25, 0.3) is 0 Å². The van der Waals surface area contributed by atoms with Crippen molar-refractivity contribution >= 4 is 37.8 Å². The van der Waals surface area contributed by atoms with Crippen LogP contribution in [0.3, 0.4) is 0 Å². The fourth-order valence-corrected chi connectivity index (χ4v) is 3.25. The van der Waals surface area contributed by atoms with Crippen LogP contribution in [0.5, 0.6) is 5.88 Å². The Hall–Kier alpha value is -0.360. The summed E-state index contributed by atoms with van der Waals surface area (Å²) in [5.74, 6) is 1.36. The molecule has 0 saturated carbocycles. The van der Waals surface area contributed by atoms with Crippen molar-refractivity contribution in [2.75, 3.05) is 23.9 Å². The summed E-state index contributed by atoms with van der Waals surface area (Å²) in [4.78, 5) is 11.2. The molecule has 0 aromatic carbocycles. The number of nitrogens with zero attached hydrogens (tertiary/aromatic N) is 3. The highest BCUT2D eigenvalue weighted by atomic mass is 79.9. The lowest BCUT2D eigenvalue weighted by atomic mass is 10.1. The van der Waals surface area contributed by atoms with Crippen molar-refractivity contribution in [3.8, 4) is 5.88 Å². The third-order valence-electron chi connectivity index (χ3n) is 3.20. The number of ether oxygens (including phenoxy) is 1. The molecule has 1 unspecified atom stereocenters. The lowest BCUT2D eigenvalue weighted by Gasteiger charge is -2.28. The molecule has 100 valence electrons. The number of alkyl halides is 1. The Morgan fingerprint density at radius 2 is 2.28 bits per heavy atom. The zero-order chi connectivity index (χ0) is 13.0. The molecule has 1 aromatic rings. The SMILES string of the molecule is COc1nc(N2CCCCCC2CBr)ncc1Br. The van der Waals surface area contributed by atoms with E-state index >= 15 is 0 Å². The quantitative estimate of drug-likeness (QED) is 0.755. The number of methoxy groups -OCH3 is 1. The summed E-state index contributed by atoms with van der Waals surface area (Å²) in [5, 5.41) is 0.953. The van der Waals surface area contributed by atoms with Gasteiger partial charge in [0.1, 0.15) is 0 Å². The Kier molecular flexibility index (Phi) is 5.24. The van der Waals surface area contributed by atoms with Crippen LogP contribution in [0.4, 0.5) is 5.95 Å². The van der Waals surface area contributed by atoms with E-state index in [1.807, 2.05) is 0 Å². The molecular formula is C12H17Br2N3O. The number of hydrogen-bond donors (Lipinski definition) is 0. The van der Waals surface area contributed by atoms with Crippen molar-refractivity contribution in [1.82, 2.24) is 9.97 Å². The van der Waals surface area contributed by atoms with Gasteiger partial charge in [-0.25, -0.2) is 4.98 Å². The number of rotatable bonds is 3. The van der Waals surface area contributed by atoms with Gasteiger partial charge in [0.2, 0.25) is 11.8 Å². The first-order valence-electron chi connectivity index (χ1n) is 6.15. The van der Waals surface area contributed by atoms with Gasteiger partial charge in [-0.1, -0.05) is 28.8 Å². The monoisotopic (exact) mass is 377 g/mol. The van der Waals surface area contributed by atoms with Gasteiger partial charge in [-0.2, -0.15) is 4.98 Å². The molecule has 0 aliphatic carbocycles. The minimum Gasteiger partial charge on any atom is -0.480 e. The van der Waals surface area contributed by atoms with E-state index in [2.05, 4.69) is 46.7 Å². The van der Waals surface area contributed by atoms with Crippen LogP contribution < -0.4 is 9.64 Å². The van der Waals surface area contributed by atoms with Crippen LogP contribution in [0.2, 0.25) is 0 Å². The molecule has 0 bridgehead atoms. The molecule has 2 rings (SSSR count). The van der Waals surface area contributed by atoms with Gasteiger partial charge in [-0.3, -0.25) is 0 Å². The minimum atomic E-state index is 0.471. The highest BCUT2D eigenvalue weighted by Gasteiger charge is 2.23. The van der Waals surface area contributed by atoms with Gasteiger partial charge >= 0.3 is 0 Å². The Morgan fingerprint density at radius 1 is 1.44 bits per heavy atom. The molecule has 0 amide bonds. The molecule has 1 fully saturated rings. The van der Waals surface area contributed by atoms with Crippen LogP contribution in [-0.4, -0.2) is 35.0 Å². The Labute approximate surface area is 124 Å². The maximum atomic E-state index is 5.24. The fraction of sp³-hybridized carbons (Fsp3) is 0.667. The zero-order valence-electron chi connectivity index (χ0n) is 10.4. The molecule has 0 N–H and O–H groups in total. The molecule has 0 radical (unpaired) electrons. The summed E-state index contributed by atoms with van der Waals surface area (Å²) in [6.45, 7) is 1.01. The summed E-state index contributed by atoms with van der Waals surface area (Å²) >= 11 is 6.98. The largest absolute Gasteiger partial charge is 0.480 e. The molecule has 1 aliphatic rings. The second kappa shape index (κ2) is 6.70. The van der Waals surface area contributed by atoms with E-state index < -0.39 is 0 Å². The van der Waals surface area contributed by atoms with Crippen LogP contribution in [0.25, 0.3) is 0 Å². The number of hydrogen-bond acceptors (Lipinski definition) is 4. The number of halogens is 2. The second-order valence-corrected chi connectivity index (χ2v) is 5.88. The van der Waals surface area contributed by atoms with E-state index in [1.54, 1.807) is 13.3 Å². The molecule has 6 heteroatoms. The summed E-state index contributed by atoms with van der Waals surface area (Å²) < 4.78 is 6.03. The van der Waals surface area contributed by atoms with Crippen LogP contribution in [-0.2, 0) is 0 Å². The van der Waals surface area contributed by atoms with Crippen molar-refractivity contribution in [3.63, 3.8) is 0 Å². The Morgan fingerprint density at radius 3 is 3.00 bits per heavy atom. The Bertz CT molecular complexity index is 403. The zero-order valence-corrected chi connectivity index (χ0v) is 13.6. The molecule has 1 aliphatic heterocycles. The lowest BCUT2D eigenvalue weighted by Crippen LogP contribution is -2.37. The number of aromatic nitrogens is 2. The second-order valence-electron chi connectivity index (χ2n) is 4.38. The summed E-state index contributed by atoms with van der Waals surface area (Å²) in [5.41, 5.74) is 0. The van der Waals surface area contributed by atoms with E-state index in [-0.39, 0.29) is 0 Å². The molecule has 1 atom stereocenters. The molecule has 1 aromatic heterocycles. The first kappa shape index (κ1) is 14.1. The van der Waals surface area contributed by atoms with Gasteiger partial charge in [-0.15, -0.1) is 0 Å². The molecule has 2 heterocycles. The van der Waals surface area contributed by atoms with Gasteiger partial charge in [-0.05, 0) is 28.8 Å². The lowest BCUT2D eigenvalue weighted by molar-refractivity contribution is 0.393. The highest BCUT2D eigenvalue weighted by Crippen LogP contribution is 2.27. The summed E-state index contributed by atoms with van der Waals surface area (Å²) in [6.07, 6.45) is 6.71. The van der Waals surface area contributed by atoms with Crippen molar-refractivity contribution in [1.29, 1.82) is 0 Å². The first-order valence-corrected chi connectivity index (χ1v) is 8.07. The van der Waals surface area contributed by atoms with Crippen molar-refractivity contribution in [2.45, 2.75) is 31.7 Å². The van der Waals surface area contributed by atoms with Gasteiger partial charge in [0.15, 0.2) is 0 Å². The standard InChI is InChI=1S/C12H17Br2N3O/c1-18-11-10(14)8-15-12(16-11)17-6-4-2-3-5-9(17)7-13/h8-9H,2-7H2,1H3. The fourth-order valence-electron chi connectivity index (χ4n) is 2.23. The van der Waals surface area contributed by atoms with E-state index in [0.29, 0.717) is 11.9 Å². The van der Waals surface area contributed by atoms with Gasteiger partial charge < -0.3 is 9.64 Å². The van der Waals surface area contributed by atoms with Gasteiger partial charge in [0, 0.05) is 17.9 Å². The van der Waals surface area contributed by atoms with Crippen LogP contribution >= 0.6 is 31.9 Å². The van der Waals surface area contributed by atoms with Gasteiger partial charge in [0.05, 0.1) is 17.8 Å².